The predicted molar refractivity (Wildman–Crippen MR) is 124 cm³/mol. The molecule has 0 bridgehead atoms. The standard InChI is InChI=1S/C25H30N4O2/c1-4-5-9-16-27-17-28(25-26-20(3)19(2)24(30)29(25)18-27)21-12-14-23(15-13-21)31-22-10-7-6-8-11-22/h6-8,10-15H,4-5,9,16-18H2,1-3H3. The molecule has 2 aromatic carbocycles. The Morgan fingerprint density at radius 3 is 2.35 bits per heavy atom. The van der Waals surface area contributed by atoms with E-state index in [0.717, 1.165) is 35.8 Å². The fraction of sp³-hybridized carbons (Fsp3) is 0.360. The van der Waals surface area contributed by atoms with Gasteiger partial charge in [0.25, 0.3) is 5.56 Å². The molecule has 0 saturated carbocycles. The Morgan fingerprint density at radius 1 is 0.935 bits per heavy atom. The molecule has 0 unspecified atom stereocenters. The van der Waals surface area contributed by atoms with Gasteiger partial charge in [0.1, 0.15) is 11.5 Å². The third-order valence-electron chi connectivity index (χ3n) is 5.75. The Bertz CT molecular complexity index is 1080. The highest BCUT2D eigenvalue weighted by molar-refractivity contribution is 5.59. The summed E-state index contributed by atoms with van der Waals surface area (Å²) in [5.41, 5.74) is 2.52. The molecule has 0 amide bonds. The van der Waals surface area contributed by atoms with Crippen molar-refractivity contribution in [3.05, 3.63) is 76.2 Å². The van der Waals surface area contributed by atoms with Crippen LogP contribution >= 0.6 is 0 Å². The number of fused-ring (bicyclic) bond motifs is 1. The van der Waals surface area contributed by atoms with Crippen LogP contribution in [0.25, 0.3) is 0 Å². The van der Waals surface area contributed by atoms with Gasteiger partial charge in [0.15, 0.2) is 0 Å². The lowest BCUT2D eigenvalue weighted by molar-refractivity contribution is 0.194. The molecule has 1 aliphatic heterocycles. The van der Waals surface area contributed by atoms with Crippen molar-refractivity contribution < 1.29 is 4.74 Å². The third kappa shape index (κ3) is 4.64. The molecule has 162 valence electrons. The molecular weight excluding hydrogens is 388 g/mol. The maximum atomic E-state index is 13.0. The van der Waals surface area contributed by atoms with Crippen LogP contribution in [0.4, 0.5) is 11.6 Å². The van der Waals surface area contributed by atoms with Crippen LogP contribution in [0.1, 0.15) is 37.4 Å². The molecule has 0 fully saturated rings. The number of para-hydroxylation sites is 1. The molecule has 4 rings (SSSR count). The molecule has 6 nitrogen and oxygen atoms in total. The van der Waals surface area contributed by atoms with E-state index >= 15 is 0 Å². The van der Waals surface area contributed by atoms with Crippen LogP contribution in [0.3, 0.4) is 0 Å². The van der Waals surface area contributed by atoms with E-state index in [1.54, 1.807) is 4.57 Å². The second-order valence-corrected chi connectivity index (χ2v) is 8.08. The number of benzene rings is 2. The summed E-state index contributed by atoms with van der Waals surface area (Å²) < 4.78 is 7.73. The summed E-state index contributed by atoms with van der Waals surface area (Å²) >= 11 is 0. The van der Waals surface area contributed by atoms with E-state index in [1.165, 1.54) is 12.8 Å². The molecule has 1 aliphatic rings. The minimum absolute atomic E-state index is 0.0386. The Hall–Kier alpha value is -3.12. The molecule has 31 heavy (non-hydrogen) atoms. The molecular formula is C25H30N4O2. The Labute approximate surface area is 183 Å². The Morgan fingerprint density at radius 2 is 1.65 bits per heavy atom. The summed E-state index contributed by atoms with van der Waals surface area (Å²) in [6.45, 7) is 8.21. The highest BCUT2D eigenvalue weighted by Gasteiger charge is 2.27. The van der Waals surface area contributed by atoms with Crippen molar-refractivity contribution in [3.8, 4) is 11.5 Å². The number of rotatable bonds is 7. The van der Waals surface area contributed by atoms with Crippen molar-refractivity contribution in [2.75, 3.05) is 18.1 Å². The van der Waals surface area contributed by atoms with Crippen LogP contribution in [-0.4, -0.2) is 27.7 Å². The van der Waals surface area contributed by atoms with Crippen molar-refractivity contribution in [1.29, 1.82) is 0 Å². The predicted octanol–water partition coefficient (Wildman–Crippen LogP) is 5.21. The first-order chi connectivity index (χ1) is 15.1. The number of ether oxygens (including phenoxy) is 1. The average molecular weight is 419 g/mol. The summed E-state index contributed by atoms with van der Waals surface area (Å²) in [5.74, 6) is 2.29. The van der Waals surface area contributed by atoms with E-state index in [0.29, 0.717) is 24.8 Å². The smallest absolute Gasteiger partial charge is 0.259 e. The maximum absolute atomic E-state index is 13.0. The summed E-state index contributed by atoms with van der Waals surface area (Å²) in [5, 5.41) is 0. The highest BCUT2D eigenvalue weighted by atomic mass is 16.5. The second kappa shape index (κ2) is 9.35. The molecule has 0 saturated heterocycles. The topological polar surface area (TPSA) is 50.6 Å². The Balaban J connectivity index is 1.63. The largest absolute Gasteiger partial charge is 0.457 e. The molecule has 3 aromatic rings. The minimum Gasteiger partial charge on any atom is -0.457 e. The van der Waals surface area contributed by atoms with Crippen LogP contribution in [0.5, 0.6) is 11.5 Å². The summed E-state index contributed by atoms with van der Waals surface area (Å²) in [6.07, 6.45) is 3.49. The monoisotopic (exact) mass is 418 g/mol. The molecule has 0 spiro atoms. The van der Waals surface area contributed by atoms with Crippen molar-refractivity contribution in [3.63, 3.8) is 0 Å². The van der Waals surface area contributed by atoms with E-state index in [1.807, 2.05) is 68.4 Å². The number of aryl methyl sites for hydroxylation is 1. The Kier molecular flexibility index (Phi) is 6.37. The fourth-order valence-electron chi connectivity index (χ4n) is 3.83. The average Bonchev–Trinajstić information content (AvgIpc) is 2.79. The first-order valence-corrected chi connectivity index (χ1v) is 11.0. The lowest BCUT2D eigenvalue weighted by Crippen LogP contribution is -2.48. The maximum Gasteiger partial charge on any atom is 0.259 e. The van der Waals surface area contributed by atoms with Crippen LogP contribution < -0.4 is 15.2 Å². The van der Waals surface area contributed by atoms with Crippen molar-refractivity contribution >= 4 is 11.6 Å². The number of nitrogens with zero attached hydrogens (tertiary/aromatic N) is 4. The van der Waals surface area contributed by atoms with Gasteiger partial charge in [-0.15, -0.1) is 0 Å². The van der Waals surface area contributed by atoms with Crippen molar-refractivity contribution in [2.45, 2.75) is 46.7 Å². The van der Waals surface area contributed by atoms with Gasteiger partial charge < -0.3 is 4.74 Å². The van der Waals surface area contributed by atoms with E-state index in [4.69, 9.17) is 9.72 Å². The van der Waals surface area contributed by atoms with Crippen molar-refractivity contribution in [1.82, 2.24) is 14.5 Å². The van der Waals surface area contributed by atoms with E-state index < -0.39 is 0 Å². The van der Waals surface area contributed by atoms with E-state index in [9.17, 15) is 4.79 Å². The summed E-state index contributed by atoms with van der Waals surface area (Å²) in [6, 6.07) is 17.7. The lowest BCUT2D eigenvalue weighted by atomic mass is 10.2. The molecule has 1 aromatic heterocycles. The number of aromatic nitrogens is 2. The lowest BCUT2D eigenvalue weighted by Gasteiger charge is -2.38. The van der Waals surface area contributed by atoms with Crippen LogP contribution in [0.15, 0.2) is 59.4 Å². The zero-order valence-electron chi connectivity index (χ0n) is 18.5. The third-order valence-corrected chi connectivity index (χ3v) is 5.75. The normalized spacial score (nSPS) is 13.8. The molecule has 6 heteroatoms. The van der Waals surface area contributed by atoms with Crippen LogP contribution in [0, 0.1) is 13.8 Å². The zero-order chi connectivity index (χ0) is 21.8. The van der Waals surface area contributed by atoms with Gasteiger partial charge in [-0.2, -0.15) is 0 Å². The zero-order valence-corrected chi connectivity index (χ0v) is 18.5. The number of unbranched alkanes of at least 4 members (excludes halogenated alkanes) is 2. The minimum atomic E-state index is 0.0386. The molecule has 2 heterocycles. The summed E-state index contributed by atoms with van der Waals surface area (Å²) in [7, 11) is 0. The SMILES string of the molecule is CCCCCN1CN(c2ccc(Oc3ccccc3)cc2)c2nc(C)c(C)c(=O)n2C1. The van der Waals surface area contributed by atoms with E-state index in [-0.39, 0.29) is 5.56 Å². The first-order valence-electron chi connectivity index (χ1n) is 11.0. The van der Waals surface area contributed by atoms with Crippen molar-refractivity contribution in [2.24, 2.45) is 0 Å². The van der Waals surface area contributed by atoms with Gasteiger partial charge in [-0.05, 0) is 56.7 Å². The fourth-order valence-corrected chi connectivity index (χ4v) is 3.83. The van der Waals surface area contributed by atoms with Gasteiger partial charge in [0.2, 0.25) is 5.95 Å². The number of hydrogen-bond acceptors (Lipinski definition) is 5. The summed E-state index contributed by atoms with van der Waals surface area (Å²) in [4.78, 5) is 22.2. The van der Waals surface area contributed by atoms with Gasteiger partial charge in [-0.1, -0.05) is 38.0 Å². The van der Waals surface area contributed by atoms with Gasteiger partial charge in [-0.25, -0.2) is 4.98 Å². The van der Waals surface area contributed by atoms with E-state index in [2.05, 4.69) is 16.7 Å². The van der Waals surface area contributed by atoms with Crippen LogP contribution in [-0.2, 0) is 6.67 Å². The molecule has 0 atom stereocenters. The molecule has 0 aliphatic carbocycles. The first kappa shape index (κ1) is 21.1. The molecule has 0 radical (unpaired) electrons. The van der Waals surface area contributed by atoms with Gasteiger partial charge in [0.05, 0.1) is 13.3 Å². The molecule has 0 N–H and O–H groups in total. The van der Waals surface area contributed by atoms with Gasteiger partial charge >= 0.3 is 0 Å². The quantitative estimate of drug-likeness (QED) is 0.493. The highest BCUT2D eigenvalue weighted by Crippen LogP contribution is 2.30. The van der Waals surface area contributed by atoms with Gasteiger partial charge in [-0.3, -0.25) is 19.2 Å². The number of anilines is 2. The number of hydrogen-bond donors (Lipinski definition) is 0. The second-order valence-electron chi connectivity index (χ2n) is 8.08. The van der Waals surface area contributed by atoms with Crippen LogP contribution in [0.2, 0.25) is 0 Å². The van der Waals surface area contributed by atoms with Gasteiger partial charge in [0, 0.05) is 23.5 Å².